The van der Waals surface area contributed by atoms with Crippen molar-refractivity contribution in [2.45, 2.75) is 52.1 Å². The Balaban J connectivity index is 1.63. The molecule has 9 heteroatoms. The highest BCUT2D eigenvalue weighted by Gasteiger charge is 2.26. The van der Waals surface area contributed by atoms with E-state index in [1.54, 1.807) is 0 Å². The summed E-state index contributed by atoms with van der Waals surface area (Å²) in [7, 11) is 0. The molecule has 2 heterocycles. The molecule has 3 N–H and O–H groups in total. The number of carbonyl (C=O) groups is 1. The Hall–Kier alpha value is -3.07. The van der Waals surface area contributed by atoms with E-state index in [9.17, 15) is 14.4 Å². The van der Waals surface area contributed by atoms with E-state index in [4.69, 9.17) is 5.11 Å². The summed E-state index contributed by atoms with van der Waals surface area (Å²) in [6, 6.07) is 4.21. The maximum Gasteiger partial charge on any atom is 0.349 e. The Morgan fingerprint density at radius 3 is 2.77 bits per heavy atom. The fourth-order valence-electron chi connectivity index (χ4n) is 4.35. The molecule has 1 aromatic rings. The van der Waals surface area contributed by atoms with Crippen molar-refractivity contribution in [3.05, 3.63) is 44.1 Å². The lowest BCUT2D eigenvalue weighted by Crippen LogP contribution is -2.33. The number of hydrogen-bond acceptors (Lipinski definition) is 6. The number of nitrogens with one attached hydrogen (secondary N) is 2. The summed E-state index contributed by atoms with van der Waals surface area (Å²) in [6.45, 7) is 5.11. The zero-order chi connectivity index (χ0) is 21.4. The van der Waals surface area contributed by atoms with Gasteiger partial charge in [-0.2, -0.15) is 4.98 Å². The largest absolute Gasteiger partial charge is 0.481 e. The first-order valence-electron chi connectivity index (χ1n) is 10.2. The van der Waals surface area contributed by atoms with Gasteiger partial charge in [0.1, 0.15) is 0 Å². The fraction of sp³-hybridized carbons (Fsp3) is 0.476. The first-order chi connectivity index (χ1) is 14.3. The second kappa shape index (κ2) is 7.98. The molecule has 2 atom stereocenters. The molecule has 158 valence electrons. The second-order valence-corrected chi connectivity index (χ2v) is 8.16. The van der Waals surface area contributed by atoms with Gasteiger partial charge in [0.25, 0.3) is 5.56 Å². The number of aromatic nitrogens is 4. The number of aryl methyl sites for hydroxylation is 2. The van der Waals surface area contributed by atoms with Gasteiger partial charge in [-0.25, -0.2) is 9.78 Å². The average molecular weight is 411 g/mol. The van der Waals surface area contributed by atoms with Gasteiger partial charge in [0.2, 0.25) is 0 Å². The predicted molar refractivity (Wildman–Crippen MR) is 112 cm³/mol. The van der Waals surface area contributed by atoms with Crippen LogP contribution in [0.25, 0.3) is 22.6 Å². The molecule has 0 spiro atoms. The third-order valence-electron chi connectivity index (χ3n) is 6.00. The molecule has 3 aliphatic rings. The van der Waals surface area contributed by atoms with Gasteiger partial charge in [-0.15, -0.1) is 0 Å². The van der Waals surface area contributed by atoms with E-state index in [2.05, 4.69) is 20.3 Å². The van der Waals surface area contributed by atoms with Crippen molar-refractivity contribution in [1.29, 1.82) is 0 Å². The van der Waals surface area contributed by atoms with E-state index in [-0.39, 0.29) is 29.9 Å². The lowest BCUT2D eigenvalue weighted by molar-refractivity contribution is -0.138. The van der Waals surface area contributed by atoms with E-state index in [0.29, 0.717) is 18.6 Å². The Morgan fingerprint density at radius 1 is 1.23 bits per heavy atom. The number of fused-ring (bicyclic) bond motifs is 2. The smallest absolute Gasteiger partial charge is 0.349 e. The summed E-state index contributed by atoms with van der Waals surface area (Å²) < 4.78 is 1.87. The maximum absolute atomic E-state index is 12.3. The van der Waals surface area contributed by atoms with Crippen LogP contribution in [0, 0.1) is 19.8 Å². The standard InChI is InChI=1S/C21H25N5O4/c1-11-7-15-16(8-12(11)2)26(19-18(23-15)20(29)25-21(30)24-19)6-5-22-14-4-3-13(9-14)10-17(27)28/h7-8,13-14,22H,3-6,9-10H2,1-2H3,(H,27,28)(H,25,29,30)/t13?,14-/m0/s1. The van der Waals surface area contributed by atoms with Crippen LogP contribution in [0.3, 0.4) is 0 Å². The molecule has 30 heavy (non-hydrogen) atoms. The number of carboxylic acid groups (broad SMARTS) is 1. The van der Waals surface area contributed by atoms with Gasteiger partial charge in [0, 0.05) is 25.6 Å². The average Bonchev–Trinajstić information content (AvgIpc) is 3.10. The highest BCUT2D eigenvalue weighted by atomic mass is 16.4. The minimum atomic E-state index is -0.749. The van der Waals surface area contributed by atoms with E-state index in [1.807, 2.05) is 30.5 Å². The minimum Gasteiger partial charge on any atom is -0.481 e. The molecular weight excluding hydrogens is 386 g/mol. The van der Waals surface area contributed by atoms with Crippen LogP contribution in [-0.4, -0.2) is 43.2 Å². The molecule has 4 rings (SSSR count). The molecule has 0 radical (unpaired) electrons. The maximum atomic E-state index is 12.3. The molecule has 1 saturated carbocycles. The number of nitrogens with zero attached hydrogens (tertiary/aromatic N) is 3. The van der Waals surface area contributed by atoms with E-state index in [0.717, 1.165) is 35.9 Å². The van der Waals surface area contributed by atoms with Crippen LogP contribution in [0.2, 0.25) is 0 Å². The SMILES string of the molecule is Cc1cc2nc3c(=O)[nH]c(=O)nc-3n(CCN[C@H]3CCC(CC(=O)O)C3)c2cc1C. The number of aromatic amines is 1. The number of H-pyrrole nitrogens is 1. The predicted octanol–water partition coefficient (Wildman–Crippen LogP) is 1.43. The molecule has 0 amide bonds. The van der Waals surface area contributed by atoms with Crippen molar-refractivity contribution < 1.29 is 9.90 Å². The lowest BCUT2D eigenvalue weighted by atomic mass is 10.0. The van der Waals surface area contributed by atoms with Crippen LogP contribution in [-0.2, 0) is 11.3 Å². The van der Waals surface area contributed by atoms with Crippen molar-refractivity contribution in [3.8, 4) is 11.5 Å². The number of benzene rings is 1. The van der Waals surface area contributed by atoms with Crippen molar-refractivity contribution in [2.75, 3.05) is 6.54 Å². The van der Waals surface area contributed by atoms with Gasteiger partial charge in [-0.05, 0) is 62.3 Å². The van der Waals surface area contributed by atoms with Gasteiger partial charge < -0.3 is 15.0 Å². The molecular formula is C21H25N5O4. The summed E-state index contributed by atoms with van der Waals surface area (Å²) in [6.07, 6.45) is 2.91. The zero-order valence-electron chi connectivity index (χ0n) is 17.1. The highest BCUT2D eigenvalue weighted by molar-refractivity contribution is 5.81. The van der Waals surface area contributed by atoms with Crippen LogP contribution in [0.15, 0.2) is 21.7 Å². The molecule has 1 unspecified atom stereocenters. The van der Waals surface area contributed by atoms with Gasteiger partial charge in [-0.3, -0.25) is 14.6 Å². The summed E-state index contributed by atoms with van der Waals surface area (Å²) in [4.78, 5) is 45.8. The van der Waals surface area contributed by atoms with E-state index in [1.165, 1.54) is 0 Å². The Kier molecular flexibility index (Phi) is 5.38. The van der Waals surface area contributed by atoms with Crippen LogP contribution in [0.4, 0.5) is 0 Å². The van der Waals surface area contributed by atoms with Crippen LogP contribution in [0.1, 0.15) is 36.8 Å². The topological polar surface area (TPSA) is 130 Å². The molecule has 1 aliphatic carbocycles. The molecule has 9 nitrogen and oxygen atoms in total. The van der Waals surface area contributed by atoms with Crippen molar-refractivity contribution in [1.82, 2.24) is 24.8 Å². The number of aliphatic carboxylic acids is 1. The van der Waals surface area contributed by atoms with Crippen LogP contribution < -0.4 is 16.6 Å². The molecule has 1 fully saturated rings. The molecule has 0 saturated heterocycles. The Bertz CT molecular complexity index is 1200. The Labute approximate surface area is 172 Å². The third kappa shape index (κ3) is 3.97. The van der Waals surface area contributed by atoms with Gasteiger partial charge in [-0.1, -0.05) is 0 Å². The molecule has 2 aliphatic heterocycles. The zero-order valence-corrected chi connectivity index (χ0v) is 17.1. The first kappa shape index (κ1) is 20.2. The molecule has 0 bridgehead atoms. The number of rotatable bonds is 6. The summed E-state index contributed by atoms with van der Waals surface area (Å²) in [5.41, 5.74) is 2.57. The molecule has 0 aromatic heterocycles. The third-order valence-corrected chi connectivity index (χ3v) is 6.00. The minimum absolute atomic E-state index is 0.146. The van der Waals surface area contributed by atoms with E-state index < -0.39 is 17.2 Å². The lowest BCUT2D eigenvalue weighted by Gasteiger charge is -2.19. The second-order valence-electron chi connectivity index (χ2n) is 8.16. The first-order valence-corrected chi connectivity index (χ1v) is 10.2. The van der Waals surface area contributed by atoms with Gasteiger partial charge in [0.05, 0.1) is 11.0 Å². The van der Waals surface area contributed by atoms with E-state index >= 15 is 0 Å². The monoisotopic (exact) mass is 411 g/mol. The van der Waals surface area contributed by atoms with Gasteiger partial charge in [0.15, 0.2) is 11.5 Å². The molecule has 1 aromatic carbocycles. The van der Waals surface area contributed by atoms with Crippen molar-refractivity contribution >= 4 is 17.0 Å². The summed E-state index contributed by atoms with van der Waals surface area (Å²) in [5.74, 6) is -0.262. The summed E-state index contributed by atoms with van der Waals surface area (Å²) >= 11 is 0. The van der Waals surface area contributed by atoms with Crippen LogP contribution >= 0.6 is 0 Å². The van der Waals surface area contributed by atoms with Crippen molar-refractivity contribution in [2.24, 2.45) is 5.92 Å². The highest BCUT2D eigenvalue weighted by Crippen LogP contribution is 2.28. The summed E-state index contributed by atoms with van der Waals surface area (Å²) in [5, 5.41) is 12.5. The fourth-order valence-corrected chi connectivity index (χ4v) is 4.35. The quantitative estimate of drug-likeness (QED) is 0.523. The number of carboxylic acids is 1. The Morgan fingerprint density at radius 2 is 2.00 bits per heavy atom. The van der Waals surface area contributed by atoms with Gasteiger partial charge >= 0.3 is 11.7 Å². The van der Waals surface area contributed by atoms with Crippen LogP contribution in [0.5, 0.6) is 0 Å². The number of hydrogen-bond donors (Lipinski definition) is 3. The normalized spacial score (nSPS) is 19.0. The van der Waals surface area contributed by atoms with Crippen molar-refractivity contribution in [3.63, 3.8) is 0 Å².